The largest absolute Gasteiger partial charge is 0.781 e. The lowest BCUT2D eigenvalue weighted by atomic mass is 14.6. The van der Waals surface area contributed by atoms with Gasteiger partial charge in [0.05, 0.1) is 9.35 Å². The minimum atomic E-state index is -2.92. The first-order valence-electron chi connectivity index (χ1n) is 1.63. The molecular weight excluding hydrogens is 190 g/mol. The first-order valence-corrected chi connectivity index (χ1v) is 3.82. The Bertz CT molecular complexity index is 127. The van der Waals surface area contributed by atoms with Gasteiger partial charge < -0.3 is 0 Å². The van der Waals surface area contributed by atoms with Crippen LogP contribution < -0.4 is 0 Å². The summed E-state index contributed by atoms with van der Waals surface area (Å²) < 4.78 is 30.1. The minimum Gasteiger partial charge on any atom is -0.217 e. The molecule has 0 amide bonds. The van der Waals surface area contributed by atoms with Crippen molar-refractivity contribution in [3.05, 3.63) is 0 Å². The molecule has 0 aliphatic carbocycles. The smallest absolute Gasteiger partial charge is 0.217 e. The SMILES string of the molecule is O=[P+](OO)O[P+](=O)OOO. The summed E-state index contributed by atoms with van der Waals surface area (Å²) in [6.45, 7) is 0. The van der Waals surface area contributed by atoms with Gasteiger partial charge in [-0.1, -0.05) is 0 Å². The molecule has 2 atom stereocenters. The second-order valence-corrected chi connectivity index (χ2v) is 2.62. The topological polar surface area (TPSA) is 112 Å². The van der Waals surface area contributed by atoms with Crippen LogP contribution in [0, 0.1) is 0 Å². The Morgan fingerprint density at radius 2 is 1.70 bits per heavy atom. The summed E-state index contributed by atoms with van der Waals surface area (Å²) in [7, 11) is -5.84. The maximum atomic E-state index is 10.1. The maximum Gasteiger partial charge on any atom is 0.781 e. The van der Waals surface area contributed by atoms with Crippen molar-refractivity contribution in [3.63, 3.8) is 0 Å². The molecular formula is H2O8P2+2. The van der Waals surface area contributed by atoms with Gasteiger partial charge in [0.1, 0.15) is 0 Å². The molecule has 0 rings (SSSR count). The van der Waals surface area contributed by atoms with Gasteiger partial charge in [-0.15, -0.1) is 0 Å². The molecule has 0 heterocycles. The molecule has 10 heavy (non-hydrogen) atoms. The Morgan fingerprint density at radius 3 is 2.10 bits per heavy atom. The van der Waals surface area contributed by atoms with Crippen molar-refractivity contribution >= 4 is 16.5 Å². The van der Waals surface area contributed by atoms with Crippen molar-refractivity contribution in [1.82, 2.24) is 0 Å². The van der Waals surface area contributed by atoms with Crippen LogP contribution in [0.5, 0.6) is 0 Å². The first kappa shape index (κ1) is 9.96. The highest BCUT2D eigenvalue weighted by Crippen LogP contribution is 2.38. The third-order valence-corrected chi connectivity index (χ3v) is 1.68. The summed E-state index contributed by atoms with van der Waals surface area (Å²) in [6, 6.07) is 0. The van der Waals surface area contributed by atoms with E-state index in [0.29, 0.717) is 0 Å². The van der Waals surface area contributed by atoms with Crippen LogP contribution in [-0.4, -0.2) is 10.5 Å². The highest BCUT2D eigenvalue weighted by Gasteiger charge is 2.42. The van der Waals surface area contributed by atoms with E-state index in [9.17, 15) is 9.13 Å². The molecule has 2 unspecified atom stereocenters. The fourth-order valence-electron chi connectivity index (χ4n) is 0.110. The first-order chi connectivity index (χ1) is 4.70. The van der Waals surface area contributed by atoms with Crippen molar-refractivity contribution in [2.45, 2.75) is 0 Å². The molecule has 0 aliphatic heterocycles. The van der Waals surface area contributed by atoms with Gasteiger partial charge in [-0.05, 0) is 5.04 Å². The maximum absolute atomic E-state index is 10.1. The summed E-state index contributed by atoms with van der Waals surface area (Å²) in [5, 5.41) is 17.9. The van der Waals surface area contributed by atoms with Gasteiger partial charge in [0.2, 0.25) is 0 Å². The molecule has 0 radical (unpaired) electrons. The van der Waals surface area contributed by atoms with Crippen molar-refractivity contribution < 1.29 is 38.3 Å². The van der Waals surface area contributed by atoms with Gasteiger partial charge in [-0.25, -0.2) is 10.5 Å². The normalized spacial score (nSPS) is 13.0. The number of hydrogen-bond acceptors (Lipinski definition) is 8. The van der Waals surface area contributed by atoms with Gasteiger partial charge >= 0.3 is 16.5 Å². The molecule has 0 fully saturated rings. The zero-order chi connectivity index (χ0) is 7.98. The van der Waals surface area contributed by atoms with Crippen LogP contribution in [-0.2, 0) is 27.8 Å². The second kappa shape index (κ2) is 5.72. The molecule has 10 heteroatoms. The quantitative estimate of drug-likeness (QED) is 0.379. The van der Waals surface area contributed by atoms with E-state index in [4.69, 9.17) is 10.5 Å². The molecule has 0 bridgehead atoms. The van der Waals surface area contributed by atoms with Crippen molar-refractivity contribution in [1.29, 1.82) is 0 Å². The van der Waals surface area contributed by atoms with Gasteiger partial charge in [-0.3, -0.25) is 0 Å². The molecule has 0 saturated carbocycles. The van der Waals surface area contributed by atoms with Gasteiger partial charge in [0, 0.05) is 9.13 Å². The molecule has 0 saturated heterocycles. The van der Waals surface area contributed by atoms with E-state index in [2.05, 4.69) is 18.7 Å². The van der Waals surface area contributed by atoms with E-state index in [0.717, 1.165) is 0 Å². The van der Waals surface area contributed by atoms with Crippen LogP contribution in [0.4, 0.5) is 0 Å². The molecule has 58 valence electrons. The predicted molar refractivity (Wildman–Crippen MR) is 24.8 cm³/mol. The molecule has 0 aliphatic rings. The molecule has 0 aromatic carbocycles. The summed E-state index contributed by atoms with van der Waals surface area (Å²) in [6.07, 6.45) is 0. The molecule has 0 aromatic heterocycles. The lowest BCUT2D eigenvalue weighted by molar-refractivity contribution is -0.439. The summed E-state index contributed by atoms with van der Waals surface area (Å²) in [5.74, 6) is 0. The molecule has 8 nitrogen and oxygen atoms in total. The Balaban J connectivity index is 3.47. The second-order valence-electron chi connectivity index (χ2n) is 0.760. The van der Waals surface area contributed by atoms with Crippen LogP contribution in [0.2, 0.25) is 0 Å². The van der Waals surface area contributed by atoms with Gasteiger partial charge in [0.25, 0.3) is 0 Å². The highest BCUT2D eigenvalue weighted by molar-refractivity contribution is 7.47. The summed E-state index contributed by atoms with van der Waals surface area (Å²) in [4.78, 5) is 0. The molecule has 2 N–H and O–H groups in total. The van der Waals surface area contributed by atoms with Crippen molar-refractivity contribution in [2.24, 2.45) is 0 Å². The Labute approximate surface area is 56.0 Å². The Morgan fingerprint density at radius 1 is 1.10 bits per heavy atom. The Hall–Kier alpha value is -0.0400. The van der Waals surface area contributed by atoms with E-state index >= 15 is 0 Å². The predicted octanol–water partition coefficient (Wildman–Crippen LogP) is 1.23. The van der Waals surface area contributed by atoms with E-state index in [1.807, 2.05) is 0 Å². The zero-order valence-corrected chi connectivity index (χ0v) is 6.03. The summed E-state index contributed by atoms with van der Waals surface area (Å²) in [5.41, 5.74) is 0. The lowest BCUT2D eigenvalue weighted by Crippen LogP contribution is -1.78. The lowest BCUT2D eigenvalue weighted by Gasteiger charge is -1.70. The average Bonchev–Trinajstić information content (AvgIpc) is 1.88. The number of hydrogen-bond donors (Lipinski definition) is 2. The fourth-order valence-corrected chi connectivity index (χ4v) is 0.828. The number of rotatable bonds is 5. The van der Waals surface area contributed by atoms with Crippen LogP contribution >= 0.6 is 16.5 Å². The zero-order valence-electron chi connectivity index (χ0n) is 4.24. The van der Waals surface area contributed by atoms with Crippen molar-refractivity contribution in [2.75, 3.05) is 0 Å². The van der Waals surface area contributed by atoms with Crippen molar-refractivity contribution in [3.8, 4) is 0 Å². The molecule has 0 aromatic rings. The van der Waals surface area contributed by atoms with Gasteiger partial charge in [-0.2, -0.15) is 0 Å². The van der Waals surface area contributed by atoms with Crippen LogP contribution in [0.3, 0.4) is 0 Å². The van der Waals surface area contributed by atoms with E-state index < -0.39 is 16.5 Å². The van der Waals surface area contributed by atoms with E-state index in [-0.39, 0.29) is 0 Å². The third kappa shape index (κ3) is 4.80. The van der Waals surface area contributed by atoms with Crippen LogP contribution in [0.1, 0.15) is 0 Å². The van der Waals surface area contributed by atoms with E-state index in [1.165, 1.54) is 0 Å². The Kier molecular flexibility index (Phi) is 5.70. The van der Waals surface area contributed by atoms with Gasteiger partial charge in [0.15, 0.2) is 4.31 Å². The van der Waals surface area contributed by atoms with Crippen LogP contribution in [0.15, 0.2) is 0 Å². The van der Waals surface area contributed by atoms with E-state index in [1.54, 1.807) is 0 Å². The average molecular weight is 192 g/mol. The highest BCUT2D eigenvalue weighted by atomic mass is 31.2. The minimum absolute atomic E-state index is 2.87. The summed E-state index contributed by atoms with van der Waals surface area (Å²) >= 11 is 0. The fraction of sp³-hybridized carbons (Fsp3) is 0. The molecule has 0 spiro atoms. The monoisotopic (exact) mass is 192 g/mol. The third-order valence-electron chi connectivity index (χ3n) is 0.294. The van der Waals surface area contributed by atoms with Crippen LogP contribution in [0.25, 0.3) is 0 Å². The standard InChI is InChI=1S/O8P2/c1-5-7-10(4)8-9(3)6-2/p+2.